The molecule has 1 N–H and O–H groups in total. The highest BCUT2D eigenvalue weighted by molar-refractivity contribution is 5.99. The molecule has 2 aromatic carbocycles. The van der Waals surface area contributed by atoms with Gasteiger partial charge in [0.25, 0.3) is 0 Å². The van der Waals surface area contributed by atoms with Gasteiger partial charge < -0.3 is 9.84 Å². The molecule has 0 aromatic heterocycles. The fourth-order valence-electron chi connectivity index (χ4n) is 2.32. The third-order valence-electron chi connectivity index (χ3n) is 3.38. The monoisotopic (exact) mass is 266 g/mol. The van der Waals surface area contributed by atoms with Crippen LogP contribution in [-0.4, -0.2) is 11.1 Å². The van der Waals surface area contributed by atoms with Crippen molar-refractivity contribution in [1.82, 2.24) is 0 Å². The minimum atomic E-state index is -0.456. The highest BCUT2D eigenvalue weighted by atomic mass is 16.5. The molecular formula is C17H14O3. The van der Waals surface area contributed by atoms with E-state index >= 15 is 0 Å². The summed E-state index contributed by atoms with van der Waals surface area (Å²) in [6, 6.07) is 16.9. The Balaban J connectivity index is 1.72. The molecule has 1 aliphatic rings. The second-order valence-corrected chi connectivity index (χ2v) is 4.72. The number of fused-ring (bicyclic) bond motifs is 1. The summed E-state index contributed by atoms with van der Waals surface area (Å²) in [5.74, 6) is -0.416. The van der Waals surface area contributed by atoms with Gasteiger partial charge in [-0.05, 0) is 11.1 Å². The van der Waals surface area contributed by atoms with Gasteiger partial charge in [-0.25, -0.2) is 4.79 Å². The zero-order valence-corrected chi connectivity index (χ0v) is 10.9. The Morgan fingerprint density at radius 1 is 1.05 bits per heavy atom. The molecule has 0 fully saturated rings. The molecule has 3 heteroatoms. The predicted octanol–water partition coefficient (Wildman–Crippen LogP) is 3.26. The summed E-state index contributed by atoms with van der Waals surface area (Å²) in [6.07, 6.45) is 0.426. The van der Waals surface area contributed by atoms with Crippen LogP contribution < -0.4 is 0 Å². The zero-order chi connectivity index (χ0) is 13.9. The summed E-state index contributed by atoms with van der Waals surface area (Å²) < 4.78 is 5.26. The van der Waals surface area contributed by atoms with Crippen molar-refractivity contribution < 1.29 is 14.6 Å². The summed E-state index contributed by atoms with van der Waals surface area (Å²) in [7, 11) is 0. The molecule has 2 aromatic rings. The van der Waals surface area contributed by atoms with Crippen LogP contribution in [-0.2, 0) is 22.6 Å². The molecule has 0 saturated carbocycles. The second-order valence-electron chi connectivity index (χ2n) is 4.72. The second kappa shape index (κ2) is 5.21. The number of ether oxygens (including phenoxy) is 1. The molecule has 1 aliphatic carbocycles. The molecular weight excluding hydrogens is 252 g/mol. The van der Waals surface area contributed by atoms with Crippen LogP contribution in [0.15, 0.2) is 60.2 Å². The molecule has 20 heavy (non-hydrogen) atoms. The van der Waals surface area contributed by atoms with E-state index in [4.69, 9.17) is 4.74 Å². The highest BCUT2D eigenvalue weighted by Gasteiger charge is 2.26. The summed E-state index contributed by atoms with van der Waals surface area (Å²) >= 11 is 0. The summed E-state index contributed by atoms with van der Waals surface area (Å²) in [6.45, 7) is 0.215. The Bertz CT molecular complexity index is 672. The van der Waals surface area contributed by atoms with Crippen molar-refractivity contribution in [3.63, 3.8) is 0 Å². The van der Waals surface area contributed by atoms with Crippen molar-refractivity contribution in [3.05, 3.63) is 76.9 Å². The highest BCUT2D eigenvalue weighted by Crippen LogP contribution is 2.31. The average molecular weight is 266 g/mol. The van der Waals surface area contributed by atoms with E-state index in [1.165, 1.54) is 0 Å². The van der Waals surface area contributed by atoms with Crippen molar-refractivity contribution in [2.24, 2.45) is 0 Å². The number of esters is 1. The molecule has 0 spiro atoms. The van der Waals surface area contributed by atoms with E-state index in [2.05, 4.69) is 0 Å². The third-order valence-corrected chi connectivity index (χ3v) is 3.38. The van der Waals surface area contributed by atoms with Crippen molar-refractivity contribution in [2.45, 2.75) is 13.0 Å². The van der Waals surface area contributed by atoms with Crippen LogP contribution in [0.2, 0.25) is 0 Å². The van der Waals surface area contributed by atoms with Crippen LogP contribution in [0.25, 0.3) is 5.76 Å². The number of hydrogen-bond acceptors (Lipinski definition) is 3. The van der Waals surface area contributed by atoms with Gasteiger partial charge in [0.2, 0.25) is 0 Å². The molecule has 0 unspecified atom stereocenters. The van der Waals surface area contributed by atoms with E-state index in [9.17, 15) is 9.90 Å². The van der Waals surface area contributed by atoms with Crippen LogP contribution in [0.4, 0.5) is 0 Å². The van der Waals surface area contributed by atoms with Gasteiger partial charge in [0.15, 0.2) is 0 Å². The topological polar surface area (TPSA) is 46.5 Å². The Hall–Kier alpha value is -2.55. The van der Waals surface area contributed by atoms with Gasteiger partial charge in [0, 0.05) is 12.0 Å². The molecule has 3 rings (SSSR count). The van der Waals surface area contributed by atoms with E-state index in [1.807, 2.05) is 54.6 Å². The average Bonchev–Trinajstić information content (AvgIpc) is 2.84. The first-order chi connectivity index (χ1) is 9.75. The van der Waals surface area contributed by atoms with E-state index < -0.39 is 5.97 Å². The Labute approximate surface area is 117 Å². The van der Waals surface area contributed by atoms with Gasteiger partial charge in [0.1, 0.15) is 12.4 Å². The lowest BCUT2D eigenvalue weighted by molar-refractivity contribution is -0.140. The van der Waals surface area contributed by atoms with Crippen LogP contribution in [0.5, 0.6) is 0 Å². The number of benzene rings is 2. The molecule has 0 heterocycles. The van der Waals surface area contributed by atoms with Gasteiger partial charge in [-0.1, -0.05) is 54.6 Å². The first-order valence-corrected chi connectivity index (χ1v) is 6.47. The van der Waals surface area contributed by atoms with Crippen LogP contribution in [0, 0.1) is 0 Å². The number of hydrogen-bond donors (Lipinski definition) is 1. The molecule has 100 valence electrons. The zero-order valence-electron chi connectivity index (χ0n) is 10.9. The smallest absolute Gasteiger partial charge is 0.338 e. The summed E-state index contributed by atoms with van der Waals surface area (Å²) in [5.41, 5.74) is 2.94. The molecule has 0 atom stereocenters. The summed E-state index contributed by atoms with van der Waals surface area (Å²) in [5, 5.41) is 10.1. The van der Waals surface area contributed by atoms with Crippen LogP contribution in [0.1, 0.15) is 16.7 Å². The third kappa shape index (κ3) is 2.30. The van der Waals surface area contributed by atoms with E-state index in [0.717, 1.165) is 16.7 Å². The Morgan fingerprint density at radius 3 is 2.50 bits per heavy atom. The number of rotatable bonds is 3. The van der Waals surface area contributed by atoms with E-state index in [1.54, 1.807) is 0 Å². The van der Waals surface area contributed by atoms with E-state index in [0.29, 0.717) is 12.0 Å². The van der Waals surface area contributed by atoms with Gasteiger partial charge in [0.05, 0.1) is 5.57 Å². The first-order valence-electron chi connectivity index (χ1n) is 6.47. The quantitative estimate of drug-likeness (QED) is 0.867. The van der Waals surface area contributed by atoms with Gasteiger partial charge in [-0.15, -0.1) is 0 Å². The minimum Gasteiger partial charge on any atom is -0.507 e. The normalized spacial score (nSPS) is 13.2. The SMILES string of the molecule is O=C(OCc1ccccc1)C1=C(O)c2ccccc2C1. The molecule has 0 aliphatic heterocycles. The molecule has 3 nitrogen and oxygen atoms in total. The van der Waals surface area contributed by atoms with Crippen molar-refractivity contribution in [2.75, 3.05) is 0 Å². The Kier molecular flexibility index (Phi) is 3.25. The lowest BCUT2D eigenvalue weighted by Gasteiger charge is -2.05. The van der Waals surface area contributed by atoms with Gasteiger partial charge in [-0.2, -0.15) is 0 Å². The van der Waals surface area contributed by atoms with Gasteiger partial charge >= 0.3 is 5.97 Å². The summed E-state index contributed by atoms with van der Waals surface area (Å²) in [4.78, 5) is 12.1. The van der Waals surface area contributed by atoms with Gasteiger partial charge in [-0.3, -0.25) is 0 Å². The molecule has 0 radical (unpaired) electrons. The minimum absolute atomic E-state index is 0.0404. The molecule has 0 bridgehead atoms. The first kappa shape index (κ1) is 12.5. The van der Waals surface area contributed by atoms with Crippen LogP contribution in [0.3, 0.4) is 0 Å². The fraction of sp³-hybridized carbons (Fsp3) is 0.118. The largest absolute Gasteiger partial charge is 0.507 e. The maximum Gasteiger partial charge on any atom is 0.338 e. The van der Waals surface area contributed by atoms with Crippen LogP contribution >= 0.6 is 0 Å². The van der Waals surface area contributed by atoms with Crippen molar-refractivity contribution in [1.29, 1.82) is 0 Å². The Morgan fingerprint density at radius 2 is 1.75 bits per heavy atom. The standard InChI is InChI=1S/C17H14O3/c18-16-14-9-5-4-8-13(14)10-15(16)17(19)20-11-12-6-2-1-3-7-12/h1-9,18H,10-11H2. The van der Waals surface area contributed by atoms with E-state index in [-0.39, 0.29) is 12.4 Å². The number of carbonyl (C=O) groups excluding carboxylic acids is 1. The maximum atomic E-state index is 12.1. The predicted molar refractivity (Wildman–Crippen MR) is 75.9 cm³/mol. The fourth-order valence-corrected chi connectivity index (χ4v) is 2.32. The maximum absolute atomic E-state index is 12.1. The number of aliphatic hydroxyl groups excluding tert-OH is 1. The number of carbonyl (C=O) groups is 1. The molecule has 0 amide bonds. The molecule has 0 saturated heterocycles. The lowest BCUT2D eigenvalue weighted by Crippen LogP contribution is -2.09. The van der Waals surface area contributed by atoms with Crippen molar-refractivity contribution >= 4 is 11.7 Å². The number of aliphatic hydroxyl groups is 1. The van der Waals surface area contributed by atoms with Crippen molar-refractivity contribution in [3.8, 4) is 0 Å². The lowest BCUT2D eigenvalue weighted by atomic mass is 10.1.